The fraction of sp³-hybridized carbons (Fsp3) is 0.231. The number of anilines is 1. The maximum Gasteiger partial charge on any atom is 0.216 e. The van der Waals surface area contributed by atoms with Crippen LogP contribution in [-0.2, 0) is 0 Å². The zero-order valence-electron chi connectivity index (χ0n) is 11.5. The Bertz CT molecular complexity index is 674. The number of nitriles is 1. The highest BCUT2D eigenvalue weighted by atomic mass is 19.1. The number of benzene rings is 1. The van der Waals surface area contributed by atoms with Gasteiger partial charge in [0.2, 0.25) is 5.82 Å². The van der Waals surface area contributed by atoms with Gasteiger partial charge in [-0.3, -0.25) is 0 Å². The minimum atomic E-state index is -0.417. The predicted octanol–water partition coefficient (Wildman–Crippen LogP) is 2.10. The number of rotatable bonds is 5. The largest absolute Gasteiger partial charge is 0.489 e. The first-order valence-corrected chi connectivity index (χ1v) is 6.17. The summed E-state index contributed by atoms with van der Waals surface area (Å²) in [7, 11) is 0. The standard InChI is InChI=1S/C13H13FN6O/c1-8(2)21-12-4-3-10(14)5-11(12)16-7-9(6-15)13-17-19-20-18-13/h3-5,7-8,16H,1-2H3,(H,17,18,19,20). The number of nitrogens with one attached hydrogen (secondary N) is 2. The van der Waals surface area contributed by atoms with Gasteiger partial charge >= 0.3 is 0 Å². The molecule has 8 heteroatoms. The highest BCUT2D eigenvalue weighted by molar-refractivity contribution is 5.74. The van der Waals surface area contributed by atoms with Crippen LogP contribution in [0.1, 0.15) is 19.7 Å². The van der Waals surface area contributed by atoms with Crippen molar-refractivity contribution < 1.29 is 9.13 Å². The molecule has 21 heavy (non-hydrogen) atoms. The second-order valence-corrected chi connectivity index (χ2v) is 4.36. The Balaban J connectivity index is 2.26. The fourth-order valence-electron chi connectivity index (χ4n) is 1.54. The molecule has 1 heterocycles. The Kier molecular flexibility index (Phi) is 4.46. The van der Waals surface area contributed by atoms with Crippen molar-refractivity contribution in [3.63, 3.8) is 0 Å². The molecule has 0 radical (unpaired) electrons. The summed E-state index contributed by atoms with van der Waals surface area (Å²) < 4.78 is 18.9. The Morgan fingerprint density at radius 3 is 2.95 bits per heavy atom. The van der Waals surface area contributed by atoms with E-state index in [2.05, 4.69) is 25.9 Å². The zero-order chi connectivity index (χ0) is 15.2. The molecule has 2 aromatic rings. The van der Waals surface area contributed by atoms with Gasteiger partial charge in [-0.15, -0.1) is 10.2 Å². The Hall–Kier alpha value is -2.95. The Labute approximate surface area is 120 Å². The van der Waals surface area contributed by atoms with Crippen LogP contribution in [0.2, 0.25) is 0 Å². The highest BCUT2D eigenvalue weighted by Crippen LogP contribution is 2.27. The molecule has 0 bridgehead atoms. The van der Waals surface area contributed by atoms with Crippen LogP contribution in [-0.4, -0.2) is 26.7 Å². The van der Waals surface area contributed by atoms with Crippen LogP contribution in [0.15, 0.2) is 24.4 Å². The summed E-state index contributed by atoms with van der Waals surface area (Å²) >= 11 is 0. The molecule has 0 aliphatic carbocycles. The summed E-state index contributed by atoms with van der Waals surface area (Å²) in [5, 5.41) is 24.9. The first-order chi connectivity index (χ1) is 10.1. The average Bonchev–Trinajstić information content (AvgIpc) is 2.96. The maximum absolute atomic E-state index is 13.3. The number of ether oxygens (including phenoxy) is 1. The van der Waals surface area contributed by atoms with E-state index >= 15 is 0 Å². The lowest BCUT2D eigenvalue weighted by Crippen LogP contribution is -2.07. The summed E-state index contributed by atoms with van der Waals surface area (Å²) in [5.41, 5.74) is 0.559. The molecule has 1 aromatic heterocycles. The first-order valence-electron chi connectivity index (χ1n) is 6.17. The number of hydrogen-bond donors (Lipinski definition) is 2. The number of aromatic nitrogens is 4. The van der Waals surface area contributed by atoms with Crippen LogP contribution in [0.5, 0.6) is 5.75 Å². The lowest BCUT2D eigenvalue weighted by Gasteiger charge is -2.14. The summed E-state index contributed by atoms with van der Waals surface area (Å²) in [6, 6.07) is 6.03. The van der Waals surface area contributed by atoms with Gasteiger partial charge in [0.05, 0.1) is 11.8 Å². The Morgan fingerprint density at radius 1 is 1.52 bits per heavy atom. The monoisotopic (exact) mass is 288 g/mol. The van der Waals surface area contributed by atoms with Crippen LogP contribution in [0.3, 0.4) is 0 Å². The molecule has 108 valence electrons. The van der Waals surface area contributed by atoms with E-state index < -0.39 is 5.82 Å². The minimum Gasteiger partial charge on any atom is -0.489 e. The molecule has 0 saturated heterocycles. The normalized spacial score (nSPS) is 11.3. The van der Waals surface area contributed by atoms with E-state index in [9.17, 15) is 4.39 Å². The number of H-pyrrole nitrogens is 1. The quantitative estimate of drug-likeness (QED) is 0.817. The van der Waals surface area contributed by atoms with Crippen molar-refractivity contribution in [3.8, 4) is 11.8 Å². The maximum atomic E-state index is 13.3. The van der Waals surface area contributed by atoms with Gasteiger partial charge in [-0.05, 0) is 31.2 Å². The molecule has 0 aliphatic rings. The van der Waals surface area contributed by atoms with E-state index in [4.69, 9.17) is 10.00 Å². The van der Waals surface area contributed by atoms with Crippen molar-refractivity contribution in [2.45, 2.75) is 20.0 Å². The predicted molar refractivity (Wildman–Crippen MR) is 73.6 cm³/mol. The van der Waals surface area contributed by atoms with E-state index in [0.29, 0.717) is 11.4 Å². The third-order valence-electron chi connectivity index (χ3n) is 2.38. The number of aromatic amines is 1. The topological polar surface area (TPSA) is 99.5 Å². The van der Waals surface area contributed by atoms with Crippen LogP contribution in [0.4, 0.5) is 10.1 Å². The SMILES string of the molecule is CC(C)Oc1ccc(F)cc1NC=C(C#N)c1nn[nH]n1. The molecular formula is C13H13FN6O. The second-order valence-electron chi connectivity index (χ2n) is 4.36. The molecular weight excluding hydrogens is 275 g/mol. The Morgan fingerprint density at radius 2 is 2.33 bits per heavy atom. The van der Waals surface area contributed by atoms with Crippen LogP contribution >= 0.6 is 0 Å². The third-order valence-corrected chi connectivity index (χ3v) is 2.38. The number of allylic oxidation sites excluding steroid dienone is 1. The number of halogens is 1. The molecule has 0 atom stereocenters. The third kappa shape index (κ3) is 3.76. The van der Waals surface area contributed by atoms with Crippen molar-refractivity contribution in [1.82, 2.24) is 20.6 Å². The molecule has 0 saturated carbocycles. The summed E-state index contributed by atoms with van der Waals surface area (Å²) in [6.45, 7) is 3.73. The van der Waals surface area contributed by atoms with E-state index in [1.165, 1.54) is 24.4 Å². The lowest BCUT2D eigenvalue weighted by molar-refractivity contribution is 0.243. The van der Waals surface area contributed by atoms with Gasteiger partial charge < -0.3 is 10.1 Å². The summed E-state index contributed by atoms with van der Waals surface area (Å²) in [4.78, 5) is 0. The molecule has 2 rings (SSSR count). The number of tetrazole rings is 1. The summed E-state index contributed by atoms with van der Waals surface area (Å²) in [5.74, 6) is 0.209. The van der Waals surface area contributed by atoms with Crippen LogP contribution < -0.4 is 10.1 Å². The first kappa shape index (κ1) is 14.5. The van der Waals surface area contributed by atoms with E-state index in [1.807, 2.05) is 19.9 Å². The van der Waals surface area contributed by atoms with Gasteiger partial charge in [-0.1, -0.05) is 0 Å². The van der Waals surface area contributed by atoms with Crippen molar-refractivity contribution in [2.75, 3.05) is 5.32 Å². The molecule has 7 nitrogen and oxygen atoms in total. The van der Waals surface area contributed by atoms with E-state index in [0.717, 1.165) is 0 Å². The number of hydrogen-bond acceptors (Lipinski definition) is 6. The molecule has 1 aromatic carbocycles. The van der Waals surface area contributed by atoms with Crippen molar-refractivity contribution in [2.24, 2.45) is 0 Å². The molecule has 2 N–H and O–H groups in total. The lowest BCUT2D eigenvalue weighted by atomic mass is 10.2. The summed E-state index contributed by atoms with van der Waals surface area (Å²) in [6.07, 6.45) is 1.31. The minimum absolute atomic E-state index is 0.0624. The molecule has 0 amide bonds. The molecule has 0 spiro atoms. The van der Waals surface area contributed by atoms with Crippen LogP contribution in [0, 0.1) is 17.1 Å². The van der Waals surface area contributed by atoms with Crippen LogP contribution in [0.25, 0.3) is 5.57 Å². The van der Waals surface area contributed by atoms with Gasteiger partial charge in [0.25, 0.3) is 0 Å². The van der Waals surface area contributed by atoms with Gasteiger partial charge in [0, 0.05) is 12.3 Å². The zero-order valence-corrected chi connectivity index (χ0v) is 11.5. The van der Waals surface area contributed by atoms with Crippen molar-refractivity contribution in [1.29, 1.82) is 5.26 Å². The van der Waals surface area contributed by atoms with Gasteiger partial charge in [-0.2, -0.15) is 10.5 Å². The number of nitrogens with zero attached hydrogens (tertiary/aromatic N) is 4. The van der Waals surface area contributed by atoms with Gasteiger partial charge in [0.15, 0.2) is 0 Å². The van der Waals surface area contributed by atoms with Gasteiger partial charge in [0.1, 0.15) is 23.2 Å². The second kappa shape index (κ2) is 6.47. The van der Waals surface area contributed by atoms with E-state index in [1.54, 1.807) is 0 Å². The van der Waals surface area contributed by atoms with E-state index in [-0.39, 0.29) is 17.5 Å². The van der Waals surface area contributed by atoms with Gasteiger partial charge in [-0.25, -0.2) is 4.39 Å². The van der Waals surface area contributed by atoms with Crippen molar-refractivity contribution >= 4 is 11.3 Å². The molecule has 0 fully saturated rings. The smallest absolute Gasteiger partial charge is 0.216 e. The molecule has 0 aliphatic heterocycles. The highest BCUT2D eigenvalue weighted by Gasteiger charge is 2.09. The average molecular weight is 288 g/mol. The fourth-order valence-corrected chi connectivity index (χ4v) is 1.54. The van der Waals surface area contributed by atoms with Crippen molar-refractivity contribution in [3.05, 3.63) is 36.0 Å². The molecule has 0 unspecified atom stereocenters.